The first kappa shape index (κ1) is 14.5. The molecular formula is C17H16N2O2S. The molecule has 0 radical (unpaired) electrons. The lowest BCUT2D eigenvalue weighted by molar-refractivity contribution is -0.117. The van der Waals surface area contributed by atoms with E-state index in [1.165, 1.54) is 0 Å². The average molecular weight is 312 g/mol. The van der Waals surface area contributed by atoms with E-state index in [0.29, 0.717) is 5.88 Å². The van der Waals surface area contributed by atoms with Crippen molar-refractivity contribution in [2.75, 3.05) is 5.32 Å². The molecule has 0 spiro atoms. The first-order chi connectivity index (χ1) is 10.8. The third-order valence-electron chi connectivity index (χ3n) is 3.50. The fourth-order valence-corrected chi connectivity index (χ4v) is 3.00. The van der Waals surface area contributed by atoms with Gasteiger partial charge in [-0.1, -0.05) is 42.4 Å². The van der Waals surface area contributed by atoms with Crippen molar-refractivity contribution in [3.63, 3.8) is 0 Å². The van der Waals surface area contributed by atoms with Crippen LogP contribution in [0.4, 0.5) is 5.88 Å². The van der Waals surface area contributed by atoms with Crippen LogP contribution in [0.3, 0.4) is 0 Å². The molecule has 3 aromatic rings. The van der Waals surface area contributed by atoms with Gasteiger partial charge in [0.25, 0.3) is 0 Å². The normalized spacial score (nSPS) is 12.0. The molecule has 0 aliphatic heterocycles. The molecular weight excluding hydrogens is 296 g/mol. The summed E-state index contributed by atoms with van der Waals surface area (Å²) in [6, 6.07) is 13.5. The van der Waals surface area contributed by atoms with E-state index in [-0.39, 0.29) is 11.8 Å². The molecule has 4 nitrogen and oxygen atoms in total. The molecule has 0 saturated carbocycles. The van der Waals surface area contributed by atoms with Gasteiger partial charge < -0.3 is 4.52 Å². The summed E-state index contributed by atoms with van der Waals surface area (Å²) < 4.78 is 5.21. The van der Waals surface area contributed by atoms with Crippen LogP contribution < -0.4 is 5.32 Å². The van der Waals surface area contributed by atoms with Crippen LogP contribution >= 0.6 is 11.3 Å². The number of carbonyl (C=O) groups excluding carboxylic acids is 1. The Kier molecular flexibility index (Phi) is 4.34. The van der Waals surface area contributed by atoms with Crippen LogP contribution in [0, 0.1) is 0 Å². The molecule has 5 heteroatoms. The second-order valence-corrected chi connectivity index (χ2v) is 5.73. The Hall–Kier alpha value is -2.40. The van der Waals surface area contributed by atoms with Gasteiger partial charge in [-0.3, -0.25) is 10.1 Å². The highest BCUT2D eigenvalue weighted by molar-refractivity contribution is 7.08. The zero-order valence-corrected chi connectivity index (χ0v) is 13.0. The number of hydrogen-bond acceptors (Lipinski definition) is 4. The average Bonchev–Trinajstić information content (AvgIpc) is 3.20. The van der Waals surface area contributed by atoms with Crippen LogP contribution in [-0.2, 0) is 4.79 Å². The highest BCUT2D eigenvalue weighted by Gasteiger charge is 2.20. The Morgan fingerprint density at radius 1 is 1.32 bits per heavy atom. The van der Waals surface area contributed by atoms with Crippen molar-refractivity contribution in [1.29, 1.82) is 0 Å². The molecule has 1 N–H and O–H groups in total. The summed E-state index contributed by atoms with van der Waals surface area (Å²) >= 11 is 1.59. The van der Waals surface area contributed by atoms with E-state index >= 15 is 0 Å². The van der Waals surface area contributed by atoms with Gasteiger partial charge in [-0.2, -0.15) is 11.3 Å². The van der Waals surface area contributed by atoms with E-state index in [1.807, 2.05) is 54.1 Å². The van der Waals surface area contributed by atoms with Crippen molar-refractivity contribution in [3.05, 3.63) is 58.8 Å². The van der Waals surface area contributed by atoms with E-state index < -0.39 is 0 Å². The lowest BCUT2D eigenvalue weighted by Gasteiger charge is -2.13. The van der Waals surface area contributed by atoms with Gasteiger partial charge in [0.05, 0.1) is 5.92 Å². The number of nitrogens with zero attached hydrogens (tertiary/aromatic N) is 1. The maximum absolute atomic E-state index is 12.4. The van der Waals surface area contributed by atoms with E-state index in [4.69, 9.17) is 4.52 Å². The monoisotopic (exact) mass is 312 g/mol. The number of aromatic nitrogens is 1. The summed E-state index contributed by atoms with van der Waals surface area (Å²) in [5.41, 5.74) is 2.72. The number of amides is 1. The van der Waals surface area contributed by atoms with Crippen LogP contribution in [0.2, 0.25) is 0 Å². The maximum atomic E-state index is 12.4. The van der Waals surface area contributed by atoms with Crippen LogP contribution in [0.15, 0.2) is 57.7 Å². The summed E-state index contributed by atoms with van der Waals surface area (Å²) in [4.78, 5) is 12.4. The molecule has 1 aromatic carbocycles. The minimum Gasteiger partial charge on any atom is -0.338 e. The Morgan fingerprint density at radius 2 is 2.14 bits per heavy atom. The van der Waals surface area contributed by atoms with Crippen molar-refractivity contribution in [3.8, 4) is 11.3 Å². The number of nitrogens with one attached hydrogen (secondary N) is 1. The largest absolute Gasteiger partial charge is 0.338 e. The molecule has 3 rings (SSSR count). The van der Waals surface area contributed by atoms with Crippen molar-refractivity contribution >= 4 is 23.1 Å². The topological polar surface area (TPSA) is 55.1 Å². The van der Waals surface area contributed by atoms with Crippen LogP contribution in [0.25, 0.3) is 11.3 Å². The number of thiophene rings is 1. The van der Waals surface area contributed by atoms with Gasteiger partial charge in [0, 0.05) is 17.0 Å². The minimum atomic E-state index is -0.198. The van der Waals surface area contributed by atoms with E-state index in [9.17, 15) is 4.79 Å². The summed E-state index contributed by atoms with van der Waals surface area (Å²) in [6.45, 7) is 1.99. The van der Waals surface area contributed by atoms with Crippen LogP contribution in [-0.4, -0.2) is 11.1 Å². The number of anilines is 1. The zero-order chi connectivity index (χ0) is 15.4. The highest BCUT2D eigenvalue weighted by atomic mass is 32.1. The zero-order valence-electron chi connectivity index (χ0n) is 12.2. The molecule has 0 aliphatic rings. The van der Waals surface area contributed by atoms with Crippen LogP contribution in [0.5, 0.6) is 0 Å². The van der Waals surface area contributed by atoms with Crippen molar-refractivity contribution in [2.24, 2.45) is 0 Å². The Balaban J connectivity index is 1.73. The minimum absolute atomic E-state index is 0.0817. The molecule has 0 bridgehead atoms. The molecule has 112 valence electrons. The maximum Gasteiger partial charge on any atom is 0.234 e. The second-order valence-electron chi connectivity index (χ2n) is 4.95. The third kappa shape index (κ3) is 3.09. The first-order valence-corrected chi connectivity index (χ1v) is 8.07. The standard InChI is InChI=1S/C17H16N2O2S/c1-2-14(12-6-4-3-5-7-12)17(20)18-16-10-15(19-21-16)13-8-9-22-11-13/h3-11,14H,2H2,1H3,(H,18,20)/t14-/m1/s1. The number of benzene rings is 1. The number of rotatable bonds is 5. The quantitative estimate of drug-likeness (QED) is 0.752. The fourth-order valence-electron chi connectivity index (χ4n) is 2.35. The SMILES string of the molecule is CC[C@@H](C(=O)Nc1cc(-c2ccsc2)no1)c1ccccc1. The summed E-state index contributed by atoms with van der Waals surface area (Å²) in [5.74, 6) is 0.0956. The third-order valence-corrected chi connectivity index (χ3v) is 4.18. The fraction of sp³-hybridized carbons (Fsp3) is 0.176. The lowest BCUT2D eigenvalue weighted by atomic mass is 9.96. The van der Waals surface area contributed by atoms with Crippen molar-refractivity contribution in [1.82, 2.24) is 5.16 Å². The van der Waals surface area contributed by atoms with Crippen molar-refractivity contribution in [2.45, 2.75) is 19.3 Å². The summed E-state index contributed by atoms with van der Waals surface area (Å²) in [7, 11) is 0. The number of carbonyl (C=O) groups is 1. The molecule has 22 heavy (non-hydrogen) atoms. The van der Waals surface area contributed by atoms with E-state index in [2.05, 4.69) is 10.5 Å². The lowest BCUT2D eigenvalue weighted by Crippen LogP contribution is -2.20. The predicted octanol–water partition coefficient (Wildman–Crippen LogP) is 4.54. The predicted molar refractivity (Wildman–Crippen MR) is 87.9 cm³/mol. The van der Waals surface area contributed by atoms with Gasteiger partial charge in [-0.05, 0) is 23.4 Å². The Morgan fingerprint density at radius 3 is 2.82 bits per heavy atom. The van der Waals surface area contributed by atoms with E-state index in [0.717, 1.165) is 23.2 Å². The molecule has 0 unspecified atom stereocenters. The molecule has 1 atom stereocenters. The molecule has 2 aromatic heterocycles. The number of hydrogen-bond donors (Lipinski definition) is 1. The Bertz CT molecular complexity index is 735. The van der Waals surface area contributed by atoms with Gasteiger partial charge in [0.1, 0.15) is 5.69 Å². The molecule has 1 amide bonds. The van der Waals surface area contributed by atoms with Gasteiger partial charge >= 0.3 is 0 Å². The first-order valence-electron chi connectivity index (χ1n) is 7.13. The smallest absolute Gasteiger partial charge is 0.234 e. The molecule has 0 fully saturated rings. The van der Waals surface area contributed by atoms with Crippen LogP contribution in [0.1, 0.15) is 24.8 Å². The van der Waals surface area contributed by atoms with E-state index in [1.54, 1.807) is 17.4 Å². The van der Waals surface area contributed by atoms with Gasteiger partial charge in [-0.25, -0.2) is 0 Å². The molecule has 2 heterocycles. The highest BCUT2D eigenvalue weighted by Crippen LogP contribution is 2.25. The van der Waals surface area contributed by atoms with Gasteiger partial charge in [0.2, 0.25) is 11.8 Å². The summed E-state index contributed by atoms with van der Waals surface area (Å²) in [6.07, 6.45) is 0.724. The van der Waals surface area contributed by atoms with Gasteiger partial charge in [0.15, 0.2) is 0 Å². The molecule has 0 saturated heterocycles. The second kappa shape index (κ2) is 6.58. The Labute approximate surface area is 132 Å². The molecule has 0 aliphatic carbocycles. The van der Waals surface area contributed by atoms with Gasteiger partial charge in [-0.15, -0.1) is 0 Å². The van der Waals surface area contributed by atoms with Crippen molar-refractivity contribution < 1.29 is 9.32 Å². The summed E-state index contributed by atoms with van der Waals surface area (Å²) in [5, 5.41) is 10.8.